The van der Waals surface area contributed by atoms with E-state index in [1.165, 1.54) is 11.3 Å². The molecule has 2 aromatic carbocycles. The van der Waals surface area contributed by atoms with Crippen molar-refractivity contribution >= 4 is 34.5 Å². The molecule has 0 saturated heterocycles. The van der Waals surface area contributed by atoms with Gasteiger partial charge in [-0.25, -0.2) is 4.98 Å². The molecule has 0 bridgehead atoms. The first kappa shape index (κ1) is 15.7. The number of nitrogens with zero attached hydrogens (tertiary/aromatic N) is 1. The molecule has 0 aliphatic carbocycles. The zero-order chi connectivity index (χ0) is 16.4. The molecule has 0 atom stereocenters. The SMILES string of the molecule is Cc1cc(C)c(NC(=O)c2csc(-c3ccccc3)n2)c(Cl)c1. The van der Waals surface area contributed by atoms with E-state index < -0.39 is 0 Å². The first-order chi connectivity index (χ1) is 11.0. The lowest BCUT2D eigenvalue weighted by Crippen LogP contribution is -2.13. The quantitative estimate of drug-likeness (QED) is 0.698. The van der Waals surface area contributed by atoms with Crippen molar-refractivity contribution in [2.75, 3.05) is 5.32 Å². The van der Waals surface area contributed by atoms with E-state index in [4.69, 9.17) is 11.6 Å². The molecule has 3 rings (SSSR count). The minimum atomic E-state index is -0.253. The predicted octanol–water partition coefficient (Wildman–Crippen LogP) is 5.33. The third kappa shape index (κ3) is 3.44. The zero-order valence-corrected chi connectivity index (χ0v) is 14.3. The van der Waals surface area contributed by atoms with Gasteiger partial charge in [0.1, 0.15) is 10.7 Å². The minimum Gasteiger partial charge on any atom is -0.319 e. The van der Waals surface area contributed by atoms with E-state index in [1.807, 2.05) is 56.3 Å². The van der Waals surface area contributed by atoms with Gasteiger partial charge in [0.15, 0.2) is 0 Å². The van der Waals surface area contributed by atoms with E-state index >= 15 is 0 Å². The summed E-state index contributed by atoms with van der Waals surface area (Å²) in [5.74, 6) is -0.253. The smallest absolute Gasteiger partial charge is 0.275 e. The normalized spacial score (nSPS) is 10.6. The van der Waals surface area contributed by atoms with Gasteiger partial charge < -0.3 is 5.32 Å². The number of halogens is 1. The Labute approximate surface area is 144 Å². The molecule has 23 heavy (non-hydrogen) atoms. The van der Waals surface area contributed by atoms with Crippen molar-refractivity contribution in [2.45, 2.75) is 13.8 Å². The molecule has 5 heteroatoms. The van der Waals surface area contributed by atoms with Crippen LogP contribution in [-0.4, -0.2) is 10.9 Å². The second-order valence-corrected chi connectivity index (χ2v) is 6.56. The molecular weight excluding hydrogens is 328 g/mol. The van der Waals surface area contributed by atoms with Crippen LogP contribution in [0.5, 0.6) is 0 Å². The summed E-state index contributed by atoms with van der Waals surface area (Å²) in [6.07, 6.45) is 0. The second-order valence-electron chi connectivity index (χ2n) is 5.30. The lowest BCUT2D eigenvalue weighted by molar-refractivity contribution is 0.102. The van der Waals surface area contributed by atoms with Gasteiger partial charge in [-0.1, -0.05) is 48.0 Å². The fourth-order valence-corrected chi connectivity index (χ4v) is 3.52. The average molecular weight is 343 g/mol. The standard InChI is InChI=1S/C18H15ClN2OS/c1-11-8-12(2)16(14(19)9-11)21-17(22)15-10-23-18(20-15)13-6-4-3-5-7-13/h3-10H,1-2H3,(H,21,22). The Morgan fingerprint density at radius 2 is 1.91 bits per heavy atom. The number of carbonyl (C=O) groups is 1. The molecule has 0 spiro atoms. The largest absolute Gasteiger partial charge is 0.319 e. The van der Waals surface area contributed by atoms with Crippen LogP contribution in [0.4, 0.5) is 5.69 Å². The number of carbonyl (C=O) groups excluding carboxylic acids is 1. The van der Waals surface area contributed by atoms with Gasteiger partial charge in [0.25, 0.3) is 5.91 Å². The Morgan fingerprint density at radius 3 is 2.61 bits per heavy atom. The molecule has 116 valence electrons. The summed E-state index contributed by atoms with van der Waals surface area (Å²) in [7, 11) is 0. The maximum absolute atomic E-state index is 12.4. The van der Waals surface area contributed by atoms with E-state index in [0.717, 1.165) is 21.7 Å². The molecule has 0 aliphatic heterocycles. The van der Waals surface area contributed by atoms with Crippen molar-refractivity contribution in [3.63, 3.8) is 0 Å². The first-order valence-electron chi connectivity index (χ1n) is 7.13. The Morgan fingerprint density at radius 1 is 1.17 bits per heavy atom. The second kappa shape index (κ2) is 6.52. The summed E-state index contributed by atoms with van der Waals surface area (Å²) in [5.41, 5.74) is 4.02. The highest BCUT2D eigenvalue weighted by Crippen LogP contribution is 2.28. The van der Waals surface area contributed by atoms with E-state index in [1.54, 1.807) is 5.38 Å². The number of benzene rings is 2. The van der Waals surface area contributed by atoms with Crippen molar-refractivity contribution in [2.24, 2.45) is 0 Å². The molecule has 0 aliphatic rings. The van der Waals surface area contributed by atoms with Crippen LogP contribution in [-0.2, 0) is 0 Å². The lowest BCUT2D eigenvalue weighted by Gasteiger charge is -2.10. The minimum absolute atomic E-state index is 0.253. The van der Waals surface area contributed by atoms with Crippen LogP contribution >= 0.6 is 22.9 Å². The summed E-state index contributed by atoms with van der Waals surface area (Å²) in [5, 5.41) is 5.98. The molecule has 0 unspecified atom stereocenters. The number of nitrogens with one attached hydrogen (secondary N) is 1. The number of anilines is 1. The molecule has 1 amide bonds. The van der Waals surface area contributed by atoms with Gasteiger partial charge in [0.05, 0.1) is 10.7 Å². The van der Waals surface area contributed by atoms with Gasteiger partial charge in [-0.05, 0) is 31.0 Å². The Balaban J connectivity index is 1.84. The summed E-state index contributed by atoms with van der Waals surface area (Å²) >= 11 is 7.68. The molecule has 1 N–H and O–H groups in total. The monoisotopic (exact) mass is 342 g/mol. The van der Waals surface area contributed by atoms with Crippen molar-refractivity contribution in [3.05, 3.63) is 69.7 Å². The Bertz CT molecular complexity index is 835. The highest BCUT2D eigenvalue weighted by Gasteiger charge is 2.15. The summed E-state index contributed by atoms with van der Waals surface area (Å²) in [4.78, 5) is 16.8. The lowest BCUT2D eigenvalue weighted by atomic mass is 10.1. The predicted molar refractivity (Wildman–Crippen MR) is 96.4 cm³/mol. The topological polar surface area (TPSA) is 42.0 Å². The fraction of sp³-hybridized carbons (Fsp3) is 0.111. The fourth-order valence-electron chi connectivity index (χ4n) is 2.34. The van der Waals surface area contributed by atoms with Crippen LogP contribution in [0.15, 0.2) is 47.8 Å². The number of hydrogen-bond donors (Lipinski definition) is 1. The van der Waals surface area contributed by atoms with E-state index in [9.17, 15) is 4.79 Å². The summed E-state index contributed by atoms with van der Waals surface area (Å²) in [6, 6.07) is 13.6. The molecule has 0 fully saturated rings. The van der Waals surface area contributed by atoms with Crippen molar-refractivity contribution in [3.8, 4) is 10.6 Å². The van der Waals surface area contributed by atoms with Gasteiger partial charge >= 0.3 is 0 Å². The van der Waals surface area contributed by atoms with Crippen LogP contribution < -0.4 is 5.32 Å². The molecule has 3 aromatic rings. The van der Waals surface area contributed by atoms with Gasteiger partial charge in [0.2, 0.25) is 0 Å². The number of aryl methyl sites for hydroxylation is 2. The number of rotatable bonds is 3. The summed E-state index contributed by atoms with van der Waals surface area (Å²) < 4.78 is 0. The van der Waals surface area contributed by atoms with Gasteiger partial charge in [0, 0.05) is 10.9 Å². The van der Waals surface area contributed by atoms with E-state index in [-0.39, 0.29) is 5.91 Å². The Kier molecular flexibility index (Phi) is 4.46. The number of thiazole rings is 1. The van der Waals surface area contributed by atoms with Crippen LogP contribution in [0.3, 0.4) is 0 Å². The van der Waals surface area contributed by atoms with Gasteiger partial charge in [-0.3, -0.25) is 4.79 Å². The number of hydrogen-bond acceptors (Lipinski definition) is 3. The van der Waals surface area contributed by atoms with Crippen molar-refractivity contribution < 1.29 is 4.79 Å². The van der Waals surface area contributed by atoms with Gasteiger partial charge in [-0.15, -0.1) is 11.3 Å². The van der Waals surface area contributed by atoms with E-state index in [0.29, 0.717) is 16.4 Å². The molecule has 3 nitrogen and oxygen atoms in total. The first-order valence-corrected chi connectivity index (χ1v) is 8.39. The van der Waals surface area contributed by atoms with E-state index in [2.05, 4.69) is 10.3 Å². The molecular formula is C18H15ClN2OS. The molecule has 1 heterocycles. The number of aromatic nitrogens is 1. The highest BCUT2D eigenvalue weighted by molar-refractivity contribution is 7.13. The van der Waals surface area contributed by atoms with Crippen LogP contribution in [0.1, 0.15) is 21.6 Å². The maximum Gasteiger partial charge on any atom is 0.275 e. The van der Waals surface area contributed by atoms with Crippen molar-refractivity contribution in [1.29, 1.82) is 0 Å². The van der Waals surface area contributed by atoms with Crippen LogP contribution in [0.2, 0.25) is 5.02 Å². The van der Waals surface area contributed by atoms with Crippen LogP contribution in [0, 0.1) is 13.8 Å². The maximum atomic E-state index is 12.4. The highest BCUT2D eigenvalue weighted by atomic mass is 35.5. The third-order valence-electron chi connectivity index (χ3n) is 3.43. The summed E-state index contributed by atoms with van der Waals surface area (Å²) in [6.45, 7) is 3.89. The molecule has 1 aromatic heterocycles. The zero-order valence-electron chi connectivity index (χ0n) is 12.8. The molecule has 0 saturated carbocycles. The van der Waals surface area contributed by atoms with Crippen molar-refractivity contribution in [1.82, 2.24) is 4.98 Å². The molecule has 0 radical (unpaired) electrons. The number of amides is 1. The third-order valence-corrected chi connectivity index (χ3v) is 4.62. The Hall–Kier alpha value is -2.17. The average Bonchev–Trinajstić information content (AvgIpc) is 3.01. The van der Waals surface area contributed by atoms with Crippen LogP contribution in [0.25, 0.3) is 10.6 Å². The van der Waals surface area contributed by atoms with Gasteiger partial charge in [-0.2, -0.15) is 0 Å².